The number of rotatable bonds is 5. The van der Waals surface area contributed by atoms with Gasteiger partial charge in [0.2, 0.25) is 0 Å². The summed E-state index contributed by atoms with van der Waals surface area (Å²) in [5.74, 6) is -0.245. The minimum atomic E-state index is -4.45. The lowest BCUT2D eigenvalue weighted by Crippen LogP contribution is -2.36. The van der Waals surface area contributed by atoms with Crippen LogP contribution in [0.25, 0.3) is 0 Å². The van der Waals surface area contributed by atoms with E-state index in [1.807, 2.05) is 0 Å². The van der Waals surface area contributed by atoms with Crippen LogP contribution in [-0.4, -0.2) is 22.2 Å². The summed E-state index contributed by atoms with van der Waals surface area (Å²) >= 11 is 0. The van der Waals surface area contributed by atoms with Gasteiger partial charge in [-0.3, -0.25) is 0 Å². The summed E-state index contributed by atoms with van der Waals surface area (Å²) in [7, 11) is 0. The van der Waals surface area contributed by atoms with E-state index in [4.69, 9.17) is 0 Å². The predicted molar refractivity (Wildman–Crippen MR) is 63.3 cm³/mol. The highest BCUT2D eigenvalue weighted by Gasteiger charge is 2.34. The second kappa shape index (κ2) is 5.56. The molecule has 1 aromatic rings. The van der Waals surface area contributed by atoms with E-state index in [1.54, 1.807) is 13.8 Å². The molecule has 0 amide bonds. The maximum atomic E-state index is 12.7. The lowest BCUT2D eigenvalue weighted by Gasteiger charge is -2.26. The van der Waals surface area contributed by atoms with Gasteiger partial charge in [0.25, 0.3) is 0 Å². The van der Waals surface area contributed by atoms with Crippen molar-refractivity contribution in [1.29, 1.82) is 0 Å². The monoisotopic (exact) mass is 262 g/mol. The average Bonchev–Trinajstić information content (AvgIpc) is 2.35. The zero-order valence-electron chi connectivity index (χ0n) is 10.4. The number of halogens is 3. The number of pyridine rings is 1. The van der Waals surface area contributed by atoms with Crippen LogP contribution in [0.15, 0.2) is 18.3 Å². The van der Waals surface area contributed by atoms with E-state index in [-0.39, 0.29) is 12.4 Å². The number of hydrogen-bond acceptors (Lipinski definition) is 3. The number of aromatic nitrogens is 1. The minimum Gasteiger partial charge on any atom is -0.388 e. The number of anilines is 1. The summed E-state index contributed by atoms with van der Waals surface area (Å²) in [4.78, 5) is 3.67. The zero-order chi connectivity index (χ0) is 13.8. The molecule has 0 aromatic carbocycles. The Labute approximate surface area is 104 Å². The number of alkyl halides is 3. The van der Waals surface area contributed by atoms with Crippen molar-refractivity contribution in [3.63, 3.8) is 0 Å². The molecule has 0 spiro atoms. The Morgan fingerprint density at radius 2 is 1.89 bits per heavy atom. The first-order valence-corrected chi connectivity index (χ1v) is 5.81. The molecular weight excluding hydrogens is 245 g/mol. The Balaban J connectivity index is 2.86. The first kappa shape index (κ1) is 14.8. The summed E-state index contributed by atoms with van der Waals surface area (Å²) in [5, 5.41) is 12.6. The van der Waals surface area contributed by atoms with E-state index in [2.05, 4.69) is 10.3 Å². The number of hydrogen-bond donors (Lipinski definition) is 2. The van der Waals surface area contributed by atoms with Crippen LogP contribution in [0.1, 0.15) is 32.3 Å². The molecule has 1 aromatic heterocycles. The standard InChI is InChI=1S/C12H17F3N2O/c1-3-11(18,4-2)8-17-10-9(12(13,14)15)6-5-7-16-10/h5-7,18H,3-4,8H2,1-2H3,(H,16,17). The van der Waals surface area contributed by atoms with Gasteiger partial charge >= 0.3 is 6.18 Å². The van der Waals surface area contributed by atoms with Gasteiger partial charge in [0.15, 0.2) is 0 Å². The molecule has 0 unspecified atom stereocenters. The van der Waals surface area contributed by atoms with Crippen LogP contribution in [-0.2, 0) is 6.18 Å². The van der Waals surface area contributed by atoms with Crippen molar-refractivity contribution in [2.24, 2.45) is 0 Å². The third kappa shape index (κ3) is 3.60. The van der Waals surface area contributed by atoms with Crippen molar-refractivity contribution in [3.8, 4) is 0 Å². The zero-order valence-corrected chi connectivity index (χ0v) is 10.4. The molecule has 3 nitrogen and oxygen atoms in total. The van der Waals surface area contributed by atoms with E-state index in [1.165, 1.54) is 12.3 Å². The second-order valence-electron chi connectivity index (χ2n) is 4.18. The van der Waals surface area contributed by atoms with Crippen LogP contribution < -0.4 is 5.32 Å². The van der Waals surface area contributed by atoms with Gasteiger partial charge in [-0.25, -0.2) is 4.98 Å². The van der Waals surface area contributed by atoms with Gasteiger partial charge in [-0.1, -0.05) is 13.8 Å². The van der Waals surface area contributed by atoms with Gasteiger partial charge in [0.1, 0.15) is 5.82 Å². The highest BCUT2D eigenvalue weighted by atomic mass is 19.4. The predicted octanol–water partition coefficient (Wildman–Crippen LogP) is 3.06. The van der Waals surface area contributed by atoms with Crippen molar-refractivity contribution in [2.45, 2.75) is 38.5 Å². The average molecular weight is 262 g/mol. The highest BCUT2D eigenvalue weighted by Crippen LogP contribution is 2.33. The molecule has 0 aliphatic carbocycles. The summed E-state index contributed by atoms with van der Waals surface area (Å²) < 4.78 is 38.1. The van der Waals surface area contributed by atoms with Crippen molar-refractivity contribution in [3.05, 3.63) is 23.9 Å². The molecule has 0 radical (unpaired) electrons. The van der Waals surface area contributed by atoms with Gasteiger partial charge in [-0.2, -0.15) is 13.2 Å². The molecule has 0 saturated heterocycles. The van der Waals surface area contributed by atoms with Crippen LogP contribution in [0.4, 0.5) is 19.0 Å². The van der Waals surface area contributed by atoms with Crippen LogP contribution in [0, 0.1) is 0 Å². The third-order valence-corrected chi connectivity index (χ3v) is 3.01. The quantitative estimate of drug-likeness (QED) is 0.857. The molecule has 1 rings (SSSR count). The van der Waals surface area contributed by atoms with Crippen molar-refractivity contribution < 1.29 is 18.3 Å². The summed E-state index contributed by atoms with van der Waals surface area (Å²) in [6.45, 7) is 3.61. The molecule has 0 aliphatic heterocycles. The molecule has 0 atom stereocenters. The minimum absolute atomic E-state index is 0.0418. The van der Waals surface area contributed by atoms with E-state index in [0.29, 0.717) is 12.8 Å². The molecule has 6 heteroatoms. The molecule has 1 heterocycles. The number of nitrogens with zero attached hydrogens (tertiary/aromatic N) is 1. The molecule has 102 valence electrons. The van der Waals surface area contributed by atoms with Gasteiger partial charge in [-0.05, 0) is 25.0 Å². The van der Waals surface area contributed by atoms with Gasteiger partial charge in [0.05, 0.1) is 11.2 Å². The van der Waals surface area contributed by atoms with Gasteiger partial charge < -0.3 is 10.4 Å². The van der Waals surface area contributed by atoms with Crippen LogP contribution in [0.3, 0.4) is 0 Å². The summed E-state index contributed by atoms with van der Waals surface area (Å²) in [6.07, 6.45) is -2.24. The van der Waals surface area contributed by atoms with Crippen molar-refractivity contribution in [2.75, 3.05) is 11.9 Å². The van der Waals surface area contributed by atoms with Crippen LogP contribution in [0.5, 0.6) is 0 Å². The van der Waals surface area contributed by atoms with E-state index < -0.39 is 17.3 Å². The maximum Gasteiger partial charge on any atom is 0.419 e. The van der Waals surface area contributed by atoms with Gasteiger partial charge in [0, 0.05) is 12.7 Å². The molecule has 0 saturated carbocycles. The summed E-state index contributed by atoms with van der Waals surface area (Å²) in [6, 6.07) is 2.20. The fourth-order valence-electron chi connectivity index (χ4n) is 1.52. The maximum absolute atomic E-state index is 12.7. The fourth-order valence-corrected chi connectivity index (χ4v) is 1.52. The van der Waals surface area contributed by atoms with Crippen molar-refractivity contribution in [1.82, 2.24) is 4.98 Å². The number of aliphatic hydroxyl groups is 1. The Morgan fingerprint density at radius 3 is 2.39 bits per heavy atom. The Bertz CT molecular complexity index is 389. The SMILES string of the molecule is CCC(O)(CC)CNc1ncccc1C(F)(F)F. The smallest absolute Gasteiger partial charge is 0.388 e. The number of nitrogens with one attached hydrogen (secondary N) is 1. The Hall–Kier alpha value is -1.30. The topological polar surface area (TPSA) is 45.1 Å². The molecule has 18 heavy (non-hydrogen) atoms. The van der Waals surface area contributed by atoms with E-state index in [0.717, 1.165) is 6.07 Å². The molecule has 0 fully saturated rings. The van der Waals surface area contributed by atoms with Crippen LogP contribution >= 0.6 is 0 Å². The first-order valence-electron chi connectivity index (χ1n) is 5.81. The van der Waals surface area contributed by atoms with E-state index >= 15 is 0 Å². The highest BCUT2D eigenvalue weighted by molar-refractivity contribution is 5.45. The molecule has 0 bridgehead atoms. The Kier molecular flexibility index (Phi) is 4.56. The lowest BCUT2D eigenvalue weighted by molar-refractivity contribution is -0.137. The third-order valence-electron chi connectivity index (χ3n) is 3.01. The van der Waals surface area contributed by atoms with Crippen molar-refractivity contribution >= 4 is 5.82 Å². The second-order valence-corrected chi connectivity index (χ2v) is 4.18. The largest absolute Gasteiger partial charge is 0.419 e. The first-order chi connectivity index (χ1) is 8.32. The van der Waals surface area contributed by atoms with Crippen LogP contribution in [0.2, 0.25) is 0 Å². The lowest BCUT2D eigenvalue weighted by atomic mass is 9.97. The summed E-state index contributed by atoms with van der Waals surface area (Å²) in [5.41, 5.74) is -1.83. The Morgan fingerprint density at radius 1 is 1.28 bits per heavy atom. The van der Waals surface area contributed by atoms with Gasteiger partial charge in [-0.15, -0.1) is 0 Å². The fraction of sp³-hybridized carbons (Fsp3) is 0.583. The molecular formula is C12H17F3N2O. The molecule has 2 N–H and O–H groups in total. The normalized spacial score (nSPS) is 12.6. The molecule has 0 aliphatic rings. The van der Waals surface area contributed by atoms with E-state index in [9.17, 15) is 18.3 Å².